The molecule has 0 rings (SSSR count). The second-order valence-corrected chi connectivity index (χ2v) is 4.49. The van der Waals surface area contributed by atoms with E-state index >= 15 is 0 Å². The molecule has 0 bridgehead atoms. The van der Waals surface area contributed by atoms with E-state index in [9.17, 15) is 9.59 Å². The molecular weight excluding hydrogens is 230 g/mol. The number of nitrogens with zero attached hydrogens (tertiary/aromatic N) is 1. The van der Waals surface area contributed by atoms with Gasteiger partial charge in [0.2, 0.25) is 0 Å². The number of hydrogen-bond acceptors (Lipinski definition) is 3. The van der Waals surface area contributed by atoms with E-state index in [1.54, 1.807) is 6.92 Å². The first-order valence-electron chi connectivity index (χ1n) is 6.60. The summed E-state index contributed by atoms with van der Waals surface area (Å²) in [5, 5.41) is 10.3. The Morgan fingerprint density at radius 2 is 2.11 bits per heavy atom. The Morgan fingerprint density at radius 3 is 2.61 bits per heavy atom. The zero-order valence-corrected chi connectivity index (χ0v) is 11.7. The quantitative estimate of drug-likeness (QED) is 0.303. The average Bonchev–Trinajstić information content (AvgIpc) is 2.29. The lowest BCUT2D eigenvalue weighted by Crippen LogP contribution is -2.47. The van der Waals surface area contributed by atoms with Gasteiger partial charge in [-0.3, -0.25) is 10.3 Å². The monoisotopic (exact) mass is 255 g/mol. The maximum absolute atomic E-state index is 11.9. The Kier molecular flexibility index (Phi) is 8.88. The Balaban J connectivity index is 4.30. The summed E-state index contributed by atoms with van der Waals surface area (Å²) in [7, 11) is 0. The normalized spacial score (nSPS) is 11.7. The van der Waals surface area contributed by atoms with Crippen molar-refractivity contribution in [3.8, 4) is 0 Å². The molecule has 18 heavy (non-hydrogen) atoms. The van der Waals surface area contributed by atoms with Gasteiger partial charge in [0.15, 0.2) is 0 Å². The van der Waals surface area contributed by atoms with Gasteiger partial charge in [-0.15, -0.1) is 0 Å². The number of amidine groups is 1. The van der Waals surface area contributed by atoms with Crippen LogP contribution in [0.15, 0.2) is 0 Å². The Morgan fingerprint density at radius 1 is 1.44 bits per heavy atom. The largest absolute Gasteiger partial charge is 0.337 e. The van der Waals surface area contributed by atoms with Crippen LogP contribution in [-0.2, 0) is 4.79 Å². The van der Waals surface area contributed by atoms with Crippen LogP contribution in [0.3, 0.4) is 0 Å². The molecule has 0 spiro atoms. The van der Waals surface area contributed by atoms with Crippen molar-refractivity contribution >= 4 is 18.2 Å². The summed E-state index contributed by atoms with van der Waals surface area (Å²) in [6.07, 6.45) is 5.31. The highest BCUT2D eigenvalue weighted by atomic mass is 16.2. The molecule has 0 saturated carbocycles. The molecule has 0 aromatic carbocycles. The van der Waals surface area contributed by atoms with Crippen molar-refractivity contribution in [1.82, 2.24) is 10.2 Å². The molecule has 5 heteroatoms. The van der Waals surface area contributed by atoms with Crippen LogP contribution in [0, 0.1) is 5.41 Å². The minimum atomic E-state index is -0.284. The van der Waals surface area contributed by atoms with E-state index in [1.807, 2.05) is 6.92 Å². The van der Waals surface area contributed by atoms with Crippen molar-refractivity contribution in [3.63, 3.8) is 0 Å². The van der Waals surface area contributed by atoms with Crippen molar-refractivity contribution < 1.29 is 9.59 Å². The number of unbranched alkanes of at least 4 members (excludes halogenated alkanes) is 2. The van der Waals surface area contributed by atoms with E-state index in [0.29, 0.717) is 13.0 Å². The topological polar surface area (TPSA) is 73.3 Å². The van der Waals surface area contributed by atoms with E-state index in [1.165, 1.54) is 4.90 Å². The lowest BCUT2D eigenvalue weighted by molar-refractivity contribution is -0.107. The van der Waals surface area contributed by atoms with Crippen molar-refractivity contribution in [3.05, 3.63) is 0 Å². The van der Waals surface area contributed by atoms with E-state index in [-0.39, 0.29) is 17.9 Å². The van der Waals surface area contributed by atoms with Gasteiger partial charge in [0, 0.05) is 19.0 Å². The van der Waals surface area contributed by atoms with Crippen LogP contribution >= 0.6 is 0 Å². The highest BCUT2D eigenvalue weighted by Crippen LogP contribution is 2.10. The molecule has 2 N–H and O–H groups in total. The molecule has 0 aromatic rings. The molecule has 2 amide bonds. The third-order valence-corrected chi connectivity index (χ3v) is 2.78. The highest BCUT2D eigenvalue weighted by molar-refractivity contribution is 5.95. The van der Waals surface area contributed by atoms with Crippen molar-refractivity contribution in [2.24, 2.45) is 0 Å². The van der Waals surface area contributed by atoms with Crippen LogP contribution in [0.4, 0.5) is 4.79 Å². The number of nitrogens with one attached hydrogen (secondary N) is 2. The van der Waals surface area contributed by atoms with Gasteiger partial charge in [0.25, 0.3) is 0 Å². The van der Waals surface area contributed by atoms with Crippen LogP contribution in [0.2, 0.25) is 0 Å². The van der Waals surface area contributed by atoms with Crippen LogP contribution in [0.25, 0.3) is 0 Å². The summed E-state index contributed by atoms with van der Waals surface area (Å²) in [6, 6.07) is -0.265. The molecule has 104 valence electrons. The SMILES string of the molecule is CCCCCC(C)N(C(C)=N)C(=O)NCCC=O. The number of hydrogen-bond donors (Lipinski definition) is 2. The van der Waals surface area contributed by atoms with E-state index in [4.69, 9.17) is 5.41 Å². The average molecular weight is 255 g/mol. The second-order valence-electron chi connectivity index (χ2n) is 4.49. The van der Waals surface area contributed by atoms with Gasteiger partial charge >= 0.3 is 6.03 Å². The van der Waals surface area contributed by atoms with Gasteiger partial charge in [-0.2, -0.15) is 0 Å². The summed E-state index contributed by atoms with van der Waals surface area (Å²) in [4.78, 5) is 23.5. The molecule has 0 aromatic heterocycles. The van der Waals surface area contributed by atoms with E-state index in [2.05, 4.69) is 12.2 Å². The summed E-state index contributed by atoms with van der Waals surface area (Å²) < 4.78 is 0. The third-order valence-electron chi connectivity index (χ3n) is 2.78. The van der Waals surface area contributed by atoms with Crippen molar-refractivity contribution in [2.45, 2.75) is 58.9 Å². The second kappa shape index (κ2) is 9.62. The first-order chi connectivity index (χ1) is 8.54. The molecule has 0 aliphatic carbocycles. The van der Waals surface area contributed by atoms with Crippen LogP contribution in [0.1, 0.15) is 52.9 Å². The van der Waals surface area contributed by atoms with Crippen LogP contribution in [0.5, 0.6) is 0 Å². The minimum absolute atomic E-state index is 0.0188. The predicted octanol–water partition coefficient (Wildman–Crippen LogP) is 2.55. The van der Waals surface area contributed by atoms with Crippen molar-refractivity contribution in [2.75, 3.05) is 6.54 Å². The lowest BCUT2D eigenvalue weighted by atomic mass is 10.1. The fourth-order valence-electron chi connectivity index (χ4n) is 1.83. The number of rotatable bonds is 8. The molecule has 0 aliphatic rings. The zero-order valence-electron chi connectivity index (χ0n) is 11.7. The highest BCUT2D eigenvalue weighted by Gasteiger charge is 2.21. The minimum Gasteiger partial charge on any atom is -0.337 e. The zero-order chi connectivity index (χ0) is 14.0. The predicted molar refractivity (Wildman–Crippen MR) is 72.9 cm³/mol. The number of urea groups is 1. The lowest BCUT2D eigenvalue weighted by Gasteiger charge is -2.28. The summed E-state index contributed by atoms with van der Waals surface area (Å²) >= 11 is 0. The van der Waals surface area contributed by atoms with Crippen LogP contribution < -0.4 is 5.32 Å². The van der Waals surface area contributed by atoms with Crippen molar-refractivity contribution in [1.29, 1.82) is 5.41 Å². The van der Waals surface area contributed by atoms with Gasteiger partial charge in [-0.1, -0.05) is 26.2 Å². The number of carbonyl (C=O) groups is 2. The van der Waals surface area contributed by atoms with Gasteiger partial charge in [-0.25, -0.2) is 4.79 Å². The molecule has 0 fully saturated rings. The first-order valence-corrected chi connectivity index (χ1v) is 6.60. The first kappa shape index (κ1) is 16.6. The maximum atomic E-state index is 11.9. The standard InChI is InChI=1S/C13H25N3O2/c1-4-5-6-8-11(2)16(12(3)14)13(18)15-9-7-10-17/h10-11,14H,4-9H2,1-3H3,(H,15,18). The third kappa shape index (κ3) is 6.37. The molecule has 1 unspecified atom stereocenters. The van der Waals surface area contributed by atoms with Gasteiger partial charge < -0.3 is 10.1 Å². The van der Waals surface area contributed by atoms with Gasteiger partial charge in [-0.05, 0) is 20.3 Å². The van der Waals surface area contributed by atoms with E-state index < -0.39 is 0 Å². The molecule has 0 heterocycles. The fraction of sp³-hybridized carbons (Fsp3) is 0.769. The molecular formula is C13H25N3O2. The summed E-state index contributed by atoms with van der Waals surface area (Å²) in [6.45, 7) is 6.02. The smallest absolute Gasteiger partial charge is 0.323 e. The molecule has 1 atom stereocenters. The maximum Gasteiger partial charge on any atom is 0.323 e. The molecule has 0 aliphatic heterocycles. The number of carbonyl (C=O) groups excluding carboxylic acids is 2. The van der Waals surface area contributed by atoms with Gasteiger partial charge in [0.05, 0.1) is 0 Å². The molecule has 5 nitrogen and oxygen atoms in total. The number of amides is 2. The Labute approximate surface area is 109 Å². The Bertz CT molecular complexity index is 279. The van der Waals surface area contributed by atoms with Gasteiger partial charge in [0.1, 0.15) is 12.1 Å². The molecule has 0 radical (unpaired) electrons. The summed E-state index contributed by atoms with van der Waals surface area (Å²) in [5.41, 5.74) is 0. The Hall–Kier alpha value is -1.39. The fourth-order valence-corrected chi connectivity index (χ4v) is 1.83. The number of aldehydes is 1. The summed E-state index contributed by atoms with van der Waals surface area (Å²) in [5.74, 6) is 0.239. The van der Waals surface area contributed by atoms with Crippen LogP contribution in [-0.4, -0.2) is 35.6 Å². The van der Waals surface area contributed by atoms with E-state index in [0.717, 1.165) is 32.0 Å². The molecule has 0 saturated heterocycles.